The van der Waals surface area contributed by atoms with Crippen LogP contribution in [0.1, 0.15) is 47.4 Å². The van der Waals surface area contributed by atoms with Crippen molar-refractivity contribution in [2.24, 2.45) is 11.8 Å². The van der Waals surface area contributed by atoms with Gasteiger partial charge in [0, 0.05) is 35.7 Å². The molecule has 0 saturated heterocycles. The minimum Gasteiger partial charge on any atom is -0.497 e. The van der Waals surface area contributed by atoms with Crippen LogP contribution in [-0.4, -0.2) is 35.4 Å². The van der Waals surface area contributed by atoms with E-state index in [0.717, 1.165) is 41.2 Å². The molecule has 1 saturated carbocycles. The Kier molecular flexibility index (Phi) is 6.69. The number of carbonyl (C=O) groups is 2. The van der Waals surface area contributed by atoms with E-state index in [0.29, 0.717) is 42.9 Å². The fraction of sp³-hybridized carbons (Fsp3) is 0.407. The Bertz CT molecular complexity index is 1240. The third-order valence-electron chi connectivity index (χ3n) is 7.02. The van der Waals surface area contributed by atoms with Gasteiger partial charge in [-0.2, -0.15) is 5.26 Å². The van der Waals surface area contributed by atoms with Crippen molar-refractivity contribution in [3.05, 3.63) is 69.6 Å². The predicted molar refractivity (Wildman–Crippen MR) is 133 cm³/mol. The van der Waals surface area contributed by atoms with Gasteiger partial charge in [-0.15, -0.1) is 11.3 Å². The molecule has 0 aromatic carbocycles. The van der Waals surface area contributed by atoms with E-state index in [9.17, 15) is 14.9 Å². The average molecular weight is 489 g/mol. The number of anilines is 1. The number of nitriles is 1. The maximum absolute atomic E-state index is 13.0. The van der Waals surface area contributed by atoms with Crippen molar-refractivity contribution in [2.45, 2.75) is 45.1 Å². The molecular formula is C27H28N4O3S. The SMILES string of the molecule is COC1=CCCC(C2CC2C(=O)Nc2sc3c(c2C#N)CCN(C(=O)CCc2ccccn2)C3)=C1. The molecule has 1 N–H and O–H groups in total. The number of nitrogens with one attached hydrogen (secondary N) is 1. The molecule has 8 heteroatoms. The van der Waals surface area contributed by atoms with Gasteiger partial charge in [0.25, 0.3) is 0 Å². The predicted octanol–water partition coefficient (Wildman–Crippen LogP) is 4.36. The highest BCUT2D eigenvalue weighted by molar-refractivity contribution is 7.16. The van der Waals surface area contributed by atoms with Crippen molar-refractivity contribution in [3.63, 3.8) is 0 Å². The number of nitrogens with zero attached hydrogens (tertiary/aromatic N) is 3. The van der Waals surface area contributed by atoms with Crippen molar-refractivity contribution < 1.29 is 14.3 Å². The first-order valence-electron chi connectivity index (χ1n) is 12.0. The second-order valence-electron chi connectivity index (χ2n) is 9.21. The molecule has 5 rings (SSSR count). The molecule has 7 nitrogen and oxygen atoms in total. The van der Waals surface area contributed by atoms with E-state index in [1.807, 2.05) is 23.1 Å². The van der Waals surface area contributed by atoms with Gasteiger partial charge >= 0.3 is 0 Å². The Hall–Kier alpha value is -3.44. The highest BCUT2D eigenvalue weighted by atomic mass is 32.1. The summed E-state index contributed by atoms with van der Waals surface area (Å²) in [4.78, 5) is 32.9. The number of methoxy groups -OCH3 is 1. The molecule has 0 radical (unpaired) electrons. The number of carbonyl (C=O) groups excluding carboxylic acids is 2. The molecule has 0 bridgehead atoms. The Morgan fingerprint density at radius 3 is 3.00 bits per heavy atom. The summed E-state index contributed by atoms with van der Waals surface area (Å²) in [6, 6.07) is 8.01. The molecule has 2 aliphatic carbocycles. The normalized spacial score (nSPS) is 20.7. The smallest absolute Gasteiger partial charge is 0.228 e. The number of ether oxygens (including phenoxy) is 1. The number of allylic oxidation sites excluding steroid dienone is 3. The van der Waals surface area contributed by atoms with Crippen LogP contribution in [0.3, 0.4) is 0 Å². The van der Waals surface area contributed by atoms with E-state index in [2.05, 4.69) is 28.5 Å². The lowest BCUT2D eigenvalue weighted by atomic mass is 9.98. The van der Waals surface area contributed by atoms with Gasteiger partial charge in [0.05, 0.1) is 19.2 Å². The van der Waals surface area contributed by atoms with Gasteiger partial charge in [-0.05, 0) is 67.9 Å². The zero-order chi connectivity index (χ0) is 24.4. The summed E-state index contributed by atoms with van der Waals surface area (Å²) in [5.74, 6) is 1.12. The quantitative estimate of drug-likeness (QED) is 0.625. The Labute approximate surface area is 209 Å². The Balaban J connectivity index is 1.22. The lowest BCUT2D eigenvalue weighted by Gasteiger charge is -2.27. The highest BCUT2D eigenvalue weighted by Gasteiger charge is 2.45. The zero-order valence-electron chi connectivity index (χ0n) is 19.8. The largest absolute Gasteiger partial charge is 0.497 e. The molecule has 180 valence electrons. The van der Waals surface area contributed by atoms with Gasteiger partial charge in [-0.25, -0.2) is 0 Å². The van der Waals surface area contributed by atoms with Crippen molar-refractivity contribution in [3.8, 4) is 6.07 Å². The lowest BCUT2D eigenvalue weighted by Crippen LogP contribution is -2.35. The van der Waals surface area contributed by atoms with E-state index in [1.54, 1.807) is 13.3 Å². The number of aromatic nitrogens is 1. The molecule has 0 spiro atoms. The molecule has 1 aliphatic heterocycles. The van der Waals surface area contributed by atoms with E-state index >= 15 is 0 Å². The fourth-order valence-electron chi connectivity index (χ4n) is 4.99. The van der Waals surface area contributed by atoms with Crippen LogP contribution in [0.2, 0.25) is 0 Å². The van der Waals surface area contributed by atoms with Crippen LogP contribution >= 0.6 is 11.3 Å². The van der Waals surface area contributed by atoms with E-state index < -0.39 is 0 Å². The highest BCUT2D eigenvalue weighted by Crippen LogP contribution is 2.48. The number of amides is 2. The lowest BCUT2D eigenvalue weighted by molar-refractivity contribution is -0.132. The number of hydrogen-bond donors (Lipinski definition) is 1. The van der Waals surface area contributed by atoms with Crippen LogP contribution in [0.4, 0.5) is 5.00 Å². The van der Waals surface area contributed by atoms with Gasteiger partial charge in [0.2, 0.25) is 11.8 Å². The Morgan fingerprint density at radius 2 is 2.23 bits per heavy atom. The first-order chi connectivity index (χ1) is 17.1. The Morgan fingerprint density at radius 1 is 1.34 bits per heavy atom. The van der Waals surface area contributed by atoms with E-state index in [1.165, 1.54) is 16.9 Å². The third kappa shape index (κ3) is 5.01. The maximum Gasteiger partial charge on any atom is 0.228 e. The second kappa shape index (κ2) is 10.0. The van der Waals surface area contributed by atoms with Crippen LogP contribution in [0.15, 0.2) is 47.9 Å². The summed E-state index contributed by atoms with van der Waals surface area (Å²) in [6.07, 6.45) is 10.3. The van der Waals surface area contributed by atoms with Gasteiger partial charge in [-0.3, -0.25) is 14.6 Å². The molecule has 2 atom stereocenters. The minimum absolute atomic E-state index is 0.0252. The van der Waals surface area contributed by atoms with E-state index in [4.69, 9.17) is 4.74 Å². The summed E-state index contributed by atoms with van der Waals surface area (Å²) in [5, 5.41) is 13.5. The first kappa shape index (κ1) is 23.3. The summed E-state index contributed by atoms with van der Waals surface area (Å²) in [7, 11) is 1.67. The summed E-state index contributed by atoms with van der Waals surface area (Å²) >= 11 is 1.43. The minimum atomic E-state index is -0.0622. The number of thiophene rings is 1. The van der Waals surface area contributed by atoms with Crippen molar-refractivity contribution in [2.75, 3.05) is 19.0 Å². The molecule has 35 heavy (non-hydrogen) atoms. The zero-order valence-corrected chi connectivity index (χ0v) is 20.6. The maximum atomic E-state index is 13.0. The number of rotatable bonds is 7. The molecule has 2 aromatic rings. The molecule has 3 heterocycles. The standard InChI is InChI=1S/C27H28N4O3S/c1-34-19-7-4-5-17(13-19)21-14-22(21)26(33)30-27-23(15-28)20-10-12-31(16-24(20)35-27)25(32)9-8-18-6-2-3-11-29-18/h2-3,6-7,11,13,21-22H,4-5,8-10,12,14,16H2,1H3,(H,30,33). The van der Waals surface area contributed by atoms with Gasteiger partial charge < -0.3 is 15.0 Å². The monoisotopic (exact) mass is 488 g/mol. The molecule has 2 unspecified atom stereocenters. The number of hydrogen-bond acceptors (Lipinski definition) is 6. The average Bonchev–Trinajstić information content (AvgIpc) is 3.63. The number of fused-ring (bicyclic) bond motifs is 1. The number of aryl methyl sites for hydroxylation is 1. The first-order valence-corrected chi connectivity index (χ1v) is 12.9. The molecule has 2 aromatic heterocycles. The van der Waals surface area contributed by atoms with Gasteiger partial charge in [-0.1, -0.05) is 11.6 Å². The van der Waals surface area contributed by atoms with Crippen molar-refractivity contribution in [1.82, 2.24) is 9.88 Å². The van der Waals surface area contributed by atoms with Gasteiger partial charge in [0.15, 0.2) is 0 Å². The van der Waals surface area contributed by atoms with Crippen LogP contribution in [0.5, 0.6) is 0 Å². The molecule has 1 fully saturated rings. The van der Waals surface area contributed by atoms with Crippen molar-refractivity contribution >= 4 is 28.2 Å². The van der Waals surface area contributed by atoms with Crippen LogP contribution < -0.4 is 5.32 Å². The second-order valence-corrected chi connectivity index (χ2v) is 10.3. The van der Waals surface area contributed by atoms with Crippen LogP contribution in [0.25, 0.3) is 0 Å². The molecule has 3 aliphatic rings. The van der Waals surface area contributed by atoms with Crippen molar-refractivity contribution in [1.29, 1.82) is 5.26 Å². The molecule has 2 amide bonds. The van der Waals surface area contributed by atoms with Gasteiger partial charge in [0.1, 0.15) is 16.8 Å². The van der Waals surface area contributed by atoms with Crippen LogP contribution in [0, 0.1) is 23.2 Å². The fourth-order valence-corrected chi connectivity index (χ4v) is 6.21. The summed E-state index contributed by atoms with van der Waals surface area (Å²) in [6.45, 7) is 1.07. The topological polar surface area (TPSA) is 95.3 Å². The third-order valence-corrected chi connectivity index (χ3v) is 8.16. The summed E-state index contributed by atoms with van der Waals surface area (Å²) in [5.41, 5.74) is 3.70. The summed E-state index contributed by atoms with van der Waals surface area (Å²) < 4.78 is 5.35. The molecular weight excluding hydrogens is 460 g/mol. The number of pyridine rings is 1. The van der Waals surface area contributed by atoms with E-state index in [-0.39, 0.29) is 23.7 Å². The van der Waals surface area contributed by atoms with Crippen LogP contribution in [-0.2, 0) is 33.7 Å².